The largest absolute Gasteiger partial charge is 0.396 e. The van der Waals surface area contributed by atoms with E-state index in [1.54, 1.807) is 0 Å². The van der Waals surface area contributed by atoms with Crippen LogP contribution in [0.4, 0.5) is 0 Å². The minimum atomic E-state index is 0.293. The Morgan fingerprint density at radius 3 is 3.06 bits per heavy atom. The van der Waals surface area contributed by atoms with Crippen LogP contribution in [0.15, 0.2) is 28.7 Å². The third kappa shape index (κ3) is 2.84. The maximum atomic E-state index is 8.89. The van der Waals surface area contributed by atoms with Crippen molar-refractivity contribution < 1.29 is 5.11 Å². The molecular weight excluding hydrogens is 266 g/mol. The predicted octanol–water partition coefficient (Wildman–Crippen LogP) is 2.97. The number of rotatable bonds is 4. The van der Waals surface area contributed by atoms with Gasteiger partial charge >= 0.3 is 0 Å². The summed E-state index contributed by atoms with van der Waals surface area (Å²) in [5.41, 5.74) is 1.39. The summed E-state index contributed by atoms with van der Waals surface area (Å²) in [6, 6.07) is 9.12. The number of aliphatic hydroxyl groups excluding tert-OH is 1. The third-order valence-corrected chi connectivity index (χ3v) is 3.69. The lowest BCUT2D eigenvalue weighted by Crippen LogP contribution is -2.25. The number of aliphatic hydroxyl groups is 1. The second kappa shape index (κ2) is 5.80. The molecule has 2 rings (SSSR count). The van der Waals surface area contributed by atoms with Crippen LogP contribution in [-0.4, -0.2) is 29.7 Å². The van der Waals surface area contributed by atoms with E-state index in [4.69, 9.17) is 5.11 Å². The molecule has 0 unspecified atom stereocenters. The van der Waals surface area contributed by atoms with Crippen molar-refractivity contribution in [2.24, 2.45) is 0 Å². The minimum absolute atomic E-state index is 0.293. The Hall–Kier alpha value is -0.380. The SMILES string of the molecule is OCCCN1CCC[C@H]1c1cccc(Br)c1. The lowest BCUT2D eigenvalue weighted by Gasteiger charge is -2.24. The van der Waals surface area contributed by atoms with Crippen molar-refractivity contribution in [3.63, 3.8) is 0 Å². The first-order valence-corrected chi connectivity index (χ1v) is 6.71. The van der Waals surface area contributed by atoms with E-state index in [1.165, 1.54) is 18.4 Å². The van der Waals surface area contributed by atoms with Crippen LogP contribution in [-0.2, 0) is 0 Å². The van der Waals surface area contributed by atoms with Crippen molar-refractivity contribution in [1.82, 2.24) is 4.90 Å². The first-order chi connectivity index (χ1) is 7.81. The van der Waals surface area contributed by atoms with Crippen molar-refractivity contribution in [2.45, 2.75) is 25.3 Å². The van der Waals surface area contributed by atoms with Gasteiger partial charge in [-0.05, 0) is 43.5 Å². The molecule has 1 fully saturated rings. The normalized spacial score (nSPS) is 21.5. The van der Waals surface area contributed by atoms with E-state index in [0.717, 1.165) is 24.0 Å². The van der Waals surface area contributed by atoms with Crippen LogP contribution in [0.25, 0.3) is 0 Å². The van der Waals surface area contributed by atoms with Crippen molar-refractivity contribution in [3.8, 4) is 0 Å². The summed E-state index contributed by atoms with van der Waals surface area (Å²) in [7, 11) is 0. The van der Waals surface area contributed by atoms with Crippen LogP contribution in [0, 0.1) is 0 Å². The number of likely N-dealkylation sites (tertiary alicyclic amines) is 1. The molecule has 1 heterocycles. The van der Waals surface area contributed by atoms with Gasteiger partial charge in [-0.3, -0.25) is 4.90 Å². The Balaban J connectivity index is 2.07. The maximum Gasteiger partial charge on any atom is 0.0443 e. The second-order valence-electron chi connectivity index (χ2n) is 4.33. The molecule has 1 aliphatic heterocycles. The predicted molar refractivity (Wildman–Crippen MR) is 69.4 cm³/mol. The maximum absolute atomic E-state index is 8.89. The van der Waals surface area contributed by atoms with E-state index in [1.807, 2.05) is 0 Å². The highest BCUT2D eigenvalue weighted by atomic mass is 79.9. The topological polar surface area (TPSA) is 23.5 Å². The first kappa shape index (κ1) is 12.1. The number of benzene rings is 1. The van der Waals surface area contributed by atoms with E-state index in [9.17, 15) is 0 Å². The summed E-state index contributed by atoms with van der Waals surface area (Å²) in [6.07, 6.45) is 3.38. The monoisotopic (exact) mass is 283 g/mol. The van der Waals surface area contributed by atoms with Crippen LogP contribution in [0.3, 0.4) is 0 Å². The summed E-state index contributed by atoms with van der Waals surface area (Å²) in [6.45, 7) is 2.46. The first-order valence-electron chi connectivity index (χ1n) is 5.91. The number of hydrogen-bond donors (Lipinski definition) is 1. The molecule has 0 bridgehead atoms. The highest BCUT2D eigenvalue weighted by Gasteiger charge is 2.25. The van der Waals surface area contributed by atoms with Crippen LogP contribution >= 0.6 is 15.9 Å². The van der Waals surface area contributed by atoms with Gasteiger partial charge in [0.2, 0.25) is 0 Å². The quantitative estimate of drug-likeness (QED) is 0.919. The van der Waals surface area contributed by atoms with E-state index < -0.39 is 0 Å². The van der Waals surface area contributed by atoms with Gasteiger partial charge in [0.1, 0.15) is 0 Å². The summed E-state index contributed by atoms with van der Waals surface area (Å²) < 4.78 is 1.15. The number of halogens is 1. The summed E-state index contributed by atoms with van der Waals surface area (Å²) in [5, 5.41) is 8.89. The number of nitrogens with zero attached hydrogens (tertiary/aromatic N) is 1. The minimum Gasteiger partial charge on any atom is -0.396 e. The van der Waals surface area contributed by atoms with E-state index in [2.05, 4.69) is 45.1 Å². The van der Waals surface area contributed by atoms with Gasteiger partial charge in [-0.15, -0.1) is 0 Å². The van der Waals surface area contributed by atoms with Gasteiger partial charge < -0.3 is 5.11 Å². The molecule has 1 aromatic carbocycles. The molecule has 1 N–H and O–H groups in total. The molecular formula is C13H18BrNO. The molecule has 1 saturated heterocycles. The van der Waals surface area contributed by atoms with Crippen LogP contribution in [0.2, 0.25) is 0 Å². The molecule has 0 aliphatic carbocycles. The summed E-state index contributed by atoms with van der Waals surface area (Å²) >= 11 is 3.52. The Morgan fingerprint density at radius 2 is 2.31 bits per heavy atom. The van der Waals surface area contributed by atoms with Crippen LogP contribution in [0.1, 0.15) is 30.9 Å². The van der Waals surface area contributed by atoms with Gasteiger partial charge in [0.05, 0.1) is 0 Å². The highest BCUT2D eigenvalue weighted by Crippen LogP contribution is 2.32. The van der Waals surface area contributed by atoms with Gasteiger partial charge in [-0.2, -0.15) is 0 Å². The summed E-state index contributed by atoms with van der Waals surface area (Å²) in [4.78, 5) is 2.48. The van der Waals surface area contributed by atoms with Crippen LogP contribution < -0.4 is 0 Å². The molecule has 0 saturated carbocycles. The van der Waals surface area contributed by atoms with Gasteiger partial charge in [-0.1, -0.05) is 28.1 Å². The standard InChI is InChI=1S/C13H18BrNO/c14-12-5-1-4-11(10-12)13-6-2-7-15(13)8-3-9-16/h1,4-5,10,13,16H,2-3,6-9H2/t13-/m0/s1. The highest BCUT2D eigenvalue weighted by molar-refractivity contribution is 9.10. The fourth-order valence-corrected chi connectivity index (χ4v) is 2.88. The Labute approximate surface area is 105 Å². The van der Waals surface area contributed by atoms with Gasteiger partial charge in [-0.25, -0.2) is 0 Å². The third-order valence-electron chi connectivity index (χ3n) is 3.20. The van der Waals surface area contributed by atoms with Gasteiger partial charge in [0, 0.05) is 23.7 Å². The Bertz CT molecular complexity index is 342. The molecule has 0 spiro atoms. The van der Waals surface area contributed by atoms with E-state index in [0.29, 0.717) is 12.6 Å². The molecule has 2 nitrogen and oxygen atoms in total. The molecule has 1 aliphatic rings. The molecule has 1 atom stereocenters. The van der Waals surface area contributed by atoms with Crippen molar-refractivity contribution in [3.05, 3.63) is 34.3 Å². The molecule has 3 heteroatoms. The fraction of sp³-hybridized carbons (Fsp3) is 0.538. The molecule has 0 radical (unpaired) electrons. The van der Waals surface area contributed by atoms with Gasteiger partial charge in [0.15, 0.2) is 0 Å². The van der Waals surface area contributed by atoms with Gasteiger partial charge in [0.25, 0.3) is 0 Å². The molecule has 1 aromatic rings. The fourth-order valence-electron chi connectivity index (χ4n) is 2.46. The molecule has 88 valence electrons. The van der Waals surface area contributed by atoms with E-state index in [-0.39, 0.29) is 0 Å². The Kier molecular flexibility index (Phi) is 4.38. The molecule has 0 amide bonds. The van der Waals surface area contributed by atoms with Crippen molar-refractivity contribution in [2.75, 3.05) is 19.7 Å². The Morgan fingerprint density at radius 1 is 1.44 bits per heavy atom. The number of hydrogen-bond acceptors (Lipinski definition) is 2. The summed E-state index contributed by atoms with van der Waals surface area (Å²) in [5.74, 6) is 0. The van der Waals surface area contributed by atoms with Crippen molar-refractivity contribution in [1.29, 1.82) is 0 Å². The average Bonchev–Trinajstić information content (AvgIpc) is 2.74. The molecule has 16 heavy (non-hydrogen) atoms. The zero-order valence-electron chi connectivity index (χ0n) is 9.40. The zero-order valence-corrected chi connectivity index (χ0v) is 11.0. The van der Waals surface area contributed by atoms with Crippen LogP contribution in [0.5, 0.6) is 0 Å². The second-order valence-corrected chi connectivity index (χ2v) is 5.24. The lowest BCUT2D eigenvalue weighted by atomic mass is 10.0. The molecule has 0 aromatic heterocycles. The lowest BCUT2D eigenvalue weighted by molar-refractivity contribution is 0.213. The van der Waals surface area contributed by atoms with Crippen molar-refractivity contribution >= 4 is 15.9 Å². The smallest absolute Gasteiger partial charge is 0.0443 e. The van der Waals surface area contributed by atoms with E-state index >= 15 is 0 Å². The zero-order chi connectivity index (χ0) is 11.4. The average molecular weight is 284 g/mol.